The van der Waals surface area contributed by atoms with Crippen molar-refractivity contribution in [1.29, 1.82) is 0 Å². The molecule has 2 amide bonds. The van der Waals surface area contributed by atoms with Crippen LogP contribution in [0.15, 0.2) is 54.6 Å². The number of carbonyl (C=O) groups excluding carboxylic acids is 2. The molecule has 29 heavy (non-hydrogen) atoms. The number of ether oxygens (including phenoxy) is 1. The molecule has 0 aromatic heterocycles. The molecule has 6 heteroatoms. The average molecular weight is 398 g/mol. The van der Waals surface area contributed by atoms with Gasteiger partial charge in [0.25, 0.3) is 0 Å². The molecule has 0 spiro atoms. The third-order valence-corrected chi connectivity index (χ3v) is 4.21. The fourth-order valence-corrected chi connectivity index (χ4v) is 2.73. The molecule has 0 radical (unpaired) electrons. The van der Waals surface area contributed by atoms with Crippen molar-refractivity contribution in [3.05, 3.63) is 65.7 Å². The highest BCUT2D eigenvalue weighted by molar-refractivity contribution is 5.86. The van der Waals surface area contributed by atoms with Crippen molar-refractivity contribution in [2.75, 3.05) is 19.0 Å². The number of alkyl carbamates (subject to hydrolysis) is 1. The number of carbonyl (C=O) groups is 2. The van der Waals surface area contributed by atoms with E-state index < -0.39 is 17.7 Å². The van der Waals surface area contributed by atoms with Crippen LogP contribution in [0, 0.1) is 0 Å². The Morgan fingerprint density at radius 3 is 2.14 bits per heavy atom. The van der Waals surface area contributed by atoms with Crippen LogP contribution in [-0.4, -0.2) is 37.7 Å². The molecule has 2 aromatic carbocycles. The summed E-state index contributed by atoms with van der Waals surface area (Å²) in [5.41, 5.74) is 2.40. The van der Waals surface area contributed by atoms with E-state index in [1.54, 1.807) is 20.8 Å². The minimum Gasteiger partial charge on any atom is -0.444 e. The molecule has 0 saturated carbocycles. The fraction of sp³-hybridized carbons (Fsp3) is 0.391. The summed E-state index contributed by atoms with van der Waals surface area (Å²) in [5.74, 6) is -0.253. The third-order valence-electron chi connectivity index (χ3n) is 4.21. The zero-order valence-electron chi connectivity index (χ0n) is 17.9. The van der Waals surface area contributed by atoms with Crippen molar-refractivity contribution in [2.24, 2.45) is 0 Å². The lowest BCUT2D eigenvalue weighted by atomic mass is 10.1. The topological polar surface area (TPSA) is 70.7 Å². The second-order valence-corrected chi connectivity index (χ2v) is 8.17. The molecule has 6 nitrogen and oxygen atoms in total. The lowest BCUT2D eigenvalue weighted by molar-refractivity contribution is -0.123. The van der Waals surface area contributed by atoms with Crippen molar-refractivity contribution in [2.45, 2.75) is 45.4 Å². The van der Waals surface area contributed by atoms with E-state index in [4.69, 9.17) is 4.74 Å². The average Bonchev–Trinajstić information content (AvgIpc) is 2.65. The smallest absolute Gasteiger partial charge is 0.408 e. The summed E-state index contributed by atoms with van der Waals surface area (Å²) in [7, 11) is 3.96. The van der Waals surface area contributed by atoms with E-state index in [0.717, 1.165) is 16.8 Å². The Hall–Kier alpha value is -3.02. The Bertz CT molecular complexity index is 796. The Kier molecular flexibility index (Phi) is 7.65. The molecule has 2 rings (SSSR count). The van der Waals surface area contributed by atoms with E-state index >= 15 is 0 Å². The molecule has 0 aliphatic rings. The molecule has 0 saturated heterocycles. The molecular weight excluding hydrogens is 366 g/mol. The normalized spacial score (nSPS) is 12.0. The predicted octanol–water partition coefficient (Wildman–Crippen LogP) is 3.50. The summed E-state index contributed by atoms with van der Waals surface area (Å²) in [4.78, 5) is 27.0. The maximum atomic E-state index is 12.8. The van der Waals surface area contributed by atoms with Crippen LogP contribution in [0.1, 0.15) is 31.9 Å². The van der Waals surface area contributed by atoms with Crippen molar-refractivity contribution < 1.29 is 14.3 Å². The van der Waals surface area contributed by atoms with Gasteiger partial charge in [0.1, 0.15) is 11.6 Å². The van der Waals surface area contributed by atoms with Crippen LogP contribution in [0.2, 0.25) is 0 Å². The number of hydrogen-bond acceptors (Lipinski definition) is 4. The standard InChI is InChI=1S/C23H31N3O3/c1-23(2,3)29-22(28)25-20(15-17-9-7-6-8-10-17)21(27)24-16-18-11-13-19(14-12-18)26(4)5/h6-14,20H,15-16H2,1-5H3,(H,24,27)(H,25,28)/t20-/m1/s1. The van der Waals surface area contributed by atoms with Crippen molar-refractivity contribution >= 4 is 17.7 Å². The molecule has 2 N–H and O–H groups in total. The van der Waals surface area contributed by atoms with Gasteiger partial charge in [-0.3, -0.25) is 4.79 Å². The SMILES string of the molecule is CN(C)c1ccc(CNC(=O)[C@@H](Cc2ccccc2)NC(=O)OC(C)(C)C)cc1. The van der Waals surface area contributed by atoms with Gasteiger partial charge in [-0.25, -0.2) is 4.79 Å². The van der Waals surface area contributed by atoms with Gasteiger partial charge in [0, 0.05) is 32.7 Å². The zero-order chi connectivity index (χ0) is 21.4. The van der Waals surface area contributed by atoms with Gasteiger partial charge in [-0.1, -0.05) is 42.5 Å². The second kappa shape index (κ2) is 9.96. The minimum atomic E-state index is -0.728. The molecule has 2 aromatic rings. The maximum absolute atomic E-state index is 12.8. The molecule has 0 bridgehead atoms. The van der Waals surface area contributed by atoms with Gasteiger partial charge >= 0.3 is 6.09 Å². The Labute approximate surface area is 173 Å². The van der Waals surface area contributed by atoms with Crippen LogP contribution >= 0.6 is 0 Å². The molecule has 1 atom stereocenters. The minimum absolute atomic E-state index is 0.253. The van der Waals surface area contributed by atoms with Gasteiger partial charge in [0.2, 0.25) is 5.91 Å². The van der Waals surface area contributed by atoms with Crippen LogP contribution < -0.4 is 15.5 Å². The number of benzene rings is 2. The largest absolute Gasteiger partial charge is 0.444 e. The van der Waals surface area contributed by atoms with Crippen LogP contribution in [0.25, 0.3) is 0 Å². The van der Waals surface area contributed by atoms with E-state index in [9.17, 15) is 9.59 Å². The Morgan fingerprint density at radius 1 is 0.966 bits per heavy atom. The van der Waals surface area contributed by atoms with Gasteiger partial charge in [-0.15, -0.1) is 0 Å². The van der Waals surface area contributed by atoms with Gasteiger partial charge in [-0.2, -0.15) is 0 Å². The Balaban J connectivity index is 2.03. The second-order valence-electron chi connectivity index (χ2n) is 8.17. The number of anilines is 1. The van der Waals surface area contributed by atoms with E-state index in [1.807, 2.05) is 73.6 Å². The third kappa shape index (κ3) is 7.86. The highest BCUT2D eigenvalue weighted by atomic mass is 16.6. The van der Waals surface area contributed by atoms with E-state index in [2.05, 4.69) is 10.6 Å². The van der Waals surface area contributed by atoms with E-state index in [0.29, 0.717) is 13.0 Å². The van der Waals surface area contributed by atoms with Crippen molar-refractivity contribution in [3.63, 3.8) is 0 Å². The number of rotatable bonds is 7. The molecule has 0 unspecified atom stereocenters. The van der Waals surface area contributed by atoms with Crippen LogP contribution in [0.4, 0.5) is 10.5 Å². The summed E-state index contributed by atoms with van der Waals surface area (Å²) >= 11 is 0. The van der Waals surface area contributed by atoms with Gasteiger partial charge in [0.15, 0.2) is 0 Å². The summed E-state index contributed by atoms with van der Waals surface area (Å²) in [6.45, 7) is 5.75. The highest BCUT2D eigenvalue weighted by Crippen LogP contribution is 2.12. The van der Waals surface area contributed by atoms with Gasteiger partial charge in [0.05, 0.1) is 0 Å². The van der Waals surface area contributed by atoms with Gasteiger partial charge < -0.3 is 20.3 Å². The van der Waals surface area contributed by atoms with Crippen molar-refractivity contribution in [1.82, 2.24) is 10.6 Å². The summed E-state index contributed by atoms with van der Waals surface area (Å²) in [6.07, 6.45) is -0.227. The first kappa shape index (κ1) is 22.3. The molecule has 0 aliphatic carbocycles. The highest BCUT2D eigenvalue weighted by Gasteiger charge is 2.24. The molecule has 156 valence electrons. The molecule has 0 heterocycles. The van der Waals surface area contributed by atoms with Crippen LogP contribution in [0.3, 0.4) is 0 Å². The van der Waals surface area contributed by atoms with E-state index in [-0.39, 0.29) is 5.91 Å². The quantitative estimate of drug-likeness (QED) is 0.750. The first-order chi connectivity index (χ1) is 13.6. The summed E-state index contributed by atoms with van der Waals surface area (Å²) < 4.78 is 5.32. The summed E-state index contributed by atoms with van der Waals surface area (Å²) in [5, 5.41) is 5.62. The zero-order valence-corrected chi connectivity index (χ0v) is 17.9. The lowest BCUT2D eigenvalue weighted by Crippen LogP contribution is -2.49. The van der Waals surface area contributed by atoms with Crippen molar-refractivity contribution in [3.8, 4) is 0 Å². The number of amides is 2. The van der Waals surface area contributed by atoms with Crippen LogP contribution in [-0.2, 0) is 22.5 Å². The lowest BCUT2D eigenvalue weighted by Gasteiger charge is -2.23. The van der Waals surface area contributed by atoms with Gasteiger partial charge in [-0.05, 0) is 44.0 Å². The number of nitrogens with one attached hydrogen (secondary N) is 2. The Morgan fingerprint density at radius 2 is 1.59 bits per heavy atom. The summed E-state index contributed by atoms with van der Waals surface area (Å²) in [6, 6.07) is 16.8. The predicted molar refractivity (Wildman–Crippen MR) is 116 cm³/mol. The van der Waals surface area contributed by atoms with E-state index in [1.165, 1.54) is 0 Å². The monoisotopic (exact) mass is 397 g/mol. The fourth-order valence-electron chi connectivity index (χ4n) is 2.73. The maximum Gasteiger partial charge on any atom is 0.408 e. The first-order valence-corrected chi connectivity index (χ1v) is 9.71. The number of nitrogens with zero attached hydrogens (tertiary/aromatic N) is 1. The molecule has 0 aliphatic heterocycles. The molecular formula is C23H31N3O3. The first-order valence-electron chi connectivity index (χ1n) is 9.71. The molecule has 0 fully saturated rings. The van der Waals surface area contributed by atoms with Crippen LogP contribution in [0.5, 0.6) is 0 Å². The number of hydrogen-bond donors (Lipinski definition) is 2.